The lowest BCUT2D eigenvalue weighted by molar-refractivity contribution is -0.140. The number of hydrogen-bond acceptors (Lipinski definition) is 7. The first kappa shape index (κ1) is 38.1. The molecule has 12 heteroatoms. The summed E-state index contributed by atoms with van der Waals surface area (Å²) in [5.41, 5.74) is 2.61. The summed E-state index contributed by atoms with van der Waals surface area (Å²) in [6.45, 7) is 5.15. The molecule has 0 bridgehead atoms. The largest absolute Gasteiger partial charge is 0.495 e. The van der Waals surface area contributed by atoms with Crippen LogP contribution in [0.2, 0.25) is 5.02 Å². The lowest BCUT2D eigenvalue weighted by Gasteiger charge is -2.35. The first-order chi connectivity index (χ1) is 23.9. The molecule has 4 rings (SSSR count). The minimum absolute atomic E-state index is 0.0441. The van der Waals surface area contributed by atoms with E-state index < -0.39 is 28.5 Å². The van der Waals surface area contributed by atoms with E-state index in [1.54, 1.807) is 6.07 Å². The Kier molecular flexibility index (Phi) is 13.1. The van der Waals surface area contributed by atoms with Crippen molar-refractivity contribution in [3.05, 3.63) is 113 Å². The minimum Gasteiger partial charge on any atom is -0.495 e. The highest BCUT2D eigenvalue weighted by Gasteiger charge is 2.36. The molecule has 0 aliphatic rings. The molecule has 0 aromatic heterocycles. The van der Waals surface area contributed by atoms with Crippen LogP contribution < -0.4 is 23.8 Å². The Morgan fingerprint density at radius 3 is 2.12 bits per heavy atom. The van der Waals surface area contributed by atoms with Crippen LogP contribution in [0.25, 0.3) is 0 Å². The van der Waals surface area contributed by atoms with Crippen LogP contribution in [-0.2, 0) is 32.6 Å². The molecule has 0 saturated carbocycles. The summed E-state index contributed by atoms with van der Waals surface area (Å²) in [6.07, 6.45) is 0.880. The molecule has 4 aromatic rings. The maximum atomic E-state index is 14.8. The molecule has 0 heterocycles. The zero-order valence-electron chi connectivity index (χ0n) is 29.2. The summed E-state index contributed by atoms with van der Waals surface area (Å²) >= 11 is 6.41. The summed E-state index contributed by atoms with van der Waals surface area (Å²) < 4.78 is 46.5. The van der Waals surface area contributed by atoms with Crippen molar-refractivity contribution in [3.8, 4) is 17.2 Å². The molecule has 1 N–H and O–H groups in total. The molecule has 2 amide bonds. The number of benzene rings is 4. The van der Waals surface area contributed by atoms with Crippen LogP contribution in [0.15, 0.2) is 95.9 Å². The Hall–Kier alpha value is -4.74. The number of aryl methyl sites for hydroxylation is 1. The second kappa shape index (κ2) is 17.3. The van der Waals surface area contributed by atoms with Gasteiger partial charge >= 0.3 is 0 Å². The third-order valence-corrected chi connectivity index (χ3v) is 10.5. The lowest BCUT2D eigenvalue weighted by atomic mass is 10.0. The molecule has 0 radical (unpaired) electrons. The molecule has 0 spiro atoms. The number of sulfonamides is 1. The van der Waals surface area contributed by atoms with Crippen LogP contribution >= 0.6 is 11.6 Å². The fourth-order valence-corrected chi connectivity index (χ4v) is 7.04. The van der Waals surface area contributed by atoms with Gasteiger partial charge in [0.2, 0.25) is 11.8 Å². The van der Waals surface area contributed by atoms with Crippen molar-refractivity contribution >= 4 is 39.1 Å². The number of amides is 2. The van der Waals surface area contributed by atoms with Crippen molar-refractivity contribution in [2.75, 3.05) is 32.2 Å². The predicted octanol–water partition coefficient (Wildman–Crippen LogP) is 6.42. The Morgan fingerprint density at radius 2 is 1.48 bits per heavy atom. The smallest absolute Gasteiger partial charge is 0.265 e. The Morgan fingerprint density at radius 1 is 0.840 bits per heavy atom. The van der Waals surface area contributed by atoms with Gasteiger partial charge in [0, 0.05) is 30.1 Å². The van der Waals surface area contributed by atoms with Gasteiger partial charge in [0.25, 0.3) is 10.0 Å². The summed E-state index contributed by atoms with van der Waals surface area (Å²) in [5.74, 6) is -0.273. The van der Waals surface area contributed by atoms with Gasteiger partial charge in [0.15, 0.2) is 11.5 Å². The SMILES string of the molecule is CC[C@H](C)NC(=O)[C@@H](Cc1ccccc1)N(Cc1ccccc1C)C(=O)CN(c1cc(Cl)ccc1OC)S(=O)(=O)c1ccc(OC)c(OC)c1. The van der Waals surface area contributed by atoms with Crippen molar-refractivity contribution in [1.29, 1.82) is 0 Å². The number of rotatable bonds is 16. The monoisotopic (exact) mass is 721 g/mol. The molecular weight excluding hydrogens is 678 g/mol. The van der Waals surface area contributed by atoms with Gasteiger partial charge in [-0.15, -0.1) is 0 Å². The van der Waals surface area contributed by atoms with Gasteiger partial charge in [0.1, 0.15) is 18.3 Å². The second-order valence-corrected chi connectivity index (χ2v) is 14.1. The number of carbonyl (C=O) groups excluding carboxylic acids is 2. The summed E-state index contributed by atoms with van der Waals surface area (Å²) in [7, 11) is -0.245. The van der Waals surface area contributed by atoms with Gasteiger partial charge in [-0.25, -0.2) is 8.42 Å². The highest BCUT2D eigenvalue weighted by Crippen LogP contribution is 2.37. The van der Waals surface area contributed by atoms with E-state index in [1.807, 2.05) is 75.4 Å². The van der Waals surface area contributed by atoms with Crippen LogP contribution in [0.5, 0.6) is 17.2 Å². The first-order valence-corrected chi connectivity index (χ1v) is 18.0. The van der Waals surface area contributed by atoms with E-state index in [0.717, 1.165) is 21.0 Å². The fraction of sp³-hybridized carbons (Fsp3) is 0.316. The van der Waals surface area contributed by atoms with Gasteiger partial charge in [0.05, 0.1) is 31.9 Å². The Labute approximate surface area is 300 Å². The number of nitrogens with zero attached hydrogens (tertiary/aromatic N) is 2. The van der Waals surface area contributed by atoms with Crippen LogP contribution in [0.3, 0.4) is 0 Å². The Balaban J connectivity index is 1.89. The van der Waals surface area contributed by atoms with E-state index in [0.29, 0.717) is 12.2 Å². The van der Waals surface area contributed by atoms with Crippen molar-refractivity contribution in [3.63, 3.8) is 0 Å². The number of methoxy groups -OCH3 is 3. The molecule has 0 fully saturated rings. The zero-order valence-corrected chi connectivity index (χ0v) is 30.8. The van der Waals surface area contributed by atoms with Gasteiger partial charge in [-0.2, -0.15) is 0 Å². The molecule has 0 aliphatic heterocycles. The van der Waals surface area contributed by atoms with Crippen LogP contribution in [0.1, 0.15) is 37.0 Å². The number of ether oxygens (including phenoxy) is 3. The molecule has 0 unspecified atom stereocenters. The molecule has 0 aliphatic carbocycles. The minimum atomic E-state index is -4.49. The van der Waals surface area contributed by atoms with E-state index in [4.69, 9.17) is 25.8 Å². The average molecular weight is 722 g/mol. The van der Waals surface area contributed by atoms with Crippen molar-refractivity contribution in [2.24, 2.45) is 0 Å². The molecule has 0 saturated heterocycles. The second-order valence-electron chi connectivity index (χ2n) is 11.8. The number of hydrogen-bond donors (Lipinski definition) is 1. The van der Waals surface area contributed by atoms with E-state index in [9.17, 15) is 18.0 Å². The van der Waals surface area contributed by atoms with E-state index >= 15 is 0 Å². The Bertz CT molecular complexity index is 1890. The molecule has 266 valence electrons. The molecule has 10 nitrogen and oxygen atoms in total. The number of nitrogens with one attached hydrogen (secondary N) is 1. The molecular formula is C38H44ClN3O7S. The molecule has 2 atom stereocenters. The summed E-state index contributed by atoms with van der Waals surface area (Å²) in [4.78, 5) is 30.2. The maximum absolute atomic E-state index is 14.8. The third kappa shape index (κ3) is 9.08. The van der Waals surface area contributed by atoms with Crippen LogP contribution in [0, 0.1) is 6.92 Å². The van der Waals surface area contributed by atoms with E-state index in [1.165, 1.54) is 56.6 Å². The lowest BCUT2D eigenvalue weighted by Crippen LogP contribution is -2.54. The quantitative estimate of drug-likeness (QED) is 0.142. The van der Waals surface area contributed by atoms with Crippen LogP contribution in [-0.4, -0.2) is 65.1 Å². The van der Waals surface area contributed by atoms with Gasteiger partial charge in [-0.05, 0) is 67.3 Å². The highest BCUT2D eigenvalue weighted by atomic mass is 35.5. The topological polar surface area (TPSA) is 114 Å². The third-order valence-electron chi connectivity index (χ3n) is 8.51. The van der Waals surface area contributed by atoms with Gasteiger partial charge in [-0.1, -0.05) is 73.1 Å². The van der Waals surface area contributed by atoms with Crippen molar-refractivity contribution < 1.29 is 32.2 Å². The molecule has 50 heavy (non-hydrogen) atoms. The standard InChI is InChI=1S/C38H44ClN3O7S/c1-7-27(3)40-38(44)33(21-28-14-9-8-10-15-28)41(24-29-16-12-11-13-26(29)2)37(43)25-42(32-22-30(39)17-19-34(32)47-4)50(45,46)31-18-20-35(48-5)36(23-31)49-6/h8-20,22-23,27,33H,7,21,24-25H2,1-6H3,(H,40,44)/t27-,33+/m0/s1. The number of halogens is 1. The van der Waals surface area contributed by atoms with E-state index in [-0.39, 0.29) is 52.0 Å². The van der Waals surface area contributed by atoms with Gasteiger partial charge in [-0.3, -0.25) is 13.9 Å². The van der Waals surface area contributed by atoms with Crippen molar-refractivity contribution in [1.82, 2.24) is 10.2 Å². The normalized spacial score (nSPS) is 12.4. The molecule has 4 aromatic carbocycles. The van der Waals surface area contributed by atoms with Crippen LogP contribution in [0.4, 0.5) is 5.69 Å². The average Bonchev–Trinajstić information content (AvgIpc) is 3.12. The number of carbonyl (C=O) groups is 2. The first-order valence-electron chi connectivity index (χ1n) is 16.2. The van der Waals surface area contributed by atoms with Crippen molar-refractivity contribution in [2.45, 2.75) is 57.1 Å². The summed E-state index contributed by atoms with van der Waals surface area (Å²) in [6, 6.07) is 24.5. The maximum Gasteiger partial charge on any atom is 0.265 e. The van der Waals surface area contributed by atoms with E-state index in [2.05, 4.69) is 5.32 Å². The predicted molar refractivity (Wildman–Crippen MR) is 196 cm³/mol. The number of anilines is 1. The fourth-order valence-electron chi connectivity index (χ4n) is 5.44. The summed E-state index contributed by atoms with van der Waals surface area (Å²) in [5, 5.41) is 3.28. The zero-order chi connectivity index (χ0) is 36.4. The van der Waals surface area contributed by atoms with Gasteiger partial charge < -0.3 is 24.4 Å². The highest BCUT2D eigenvalue weighted by molar-refractivity contribution is 7.92.